The second-order valence-electron chi connectivity index (χ2n) is 15.2. The van der Waals surface area contributed by atoms with Crippen LogP contribution in [0.15, 0.2) is 30.3 Å². The zero-order chi connectivity index (χ0) is 50.8. The molecule has 3 heterocycles. The number of hydrogen-bond donors (Lipinski definition) is 15. The summed E-state index contributed by atoms with van der Waals surface area (Å²) in [6.07, 6.45) is -16.8. The molecular weight excluding hydrogens is 940 g/mol. The van der Waals surface area contributed by atoms with Gasteiger partial charge >= 0.3 is 41.8 Å². The maximum atomic E-state index is 14.5. The second-order valence-corrected chi connectivity index (χ2v) is 15.2. The molecule has 8 atom stereocenters. The van der Waals surface area contributed by atoms with E-state index in [0.29, 0.717) is 30.3 Å². The van der Waals surface area contributed by atoms with E-state index in [-0.39, 0.29) is 0 Å². The number of phenols is 12. The highest BCUT2D eigenvalue weighted by Crippen LogP contribution is 2.54. The zero-order valence-electron chi connectivity index (χ0n) is 33.9. The number of esters is 5. The molecule has 4 aromatic rings. The third kappa shape index (κ3) is 8.20. The third-order valence-electron chi connectivity index (χ3n) is 11.0. The molecule has 28 nitrogen and oxygen atoms in total. The minimum Gasteiger partial charge on any atom is -0.504 e. The van der Waals surface area contributed by atoms with Crippen LogP contribution in [0.4, 0.5) is 0 Å². The van der Waals surface area contributed by atoms with Gasteiger partial charge in [-0.2, -0.15) is 0 Å². The highest BCUT2D eigenvalue weighted by Gasteiger charge is 2.55. The Bertz CT molecular complexity index is 2880. The summed E-state index contributed by atoms with van der Waals surface area (Å²) >= 11 is 0. The molecule has 0 saturated carbocycles. The average Bonchev–Trinajstić information content (AvgIpc) is 3.28. The van der Waals surface area contributed by atoms with E-state index in [2.05, 4.69) is 0 Å². The summed E-state index contributed by atoms with van der Waals surface area (Å²) in [7, 11) is 0. The summed E-state index contributed by atoms with van der Waals surface area (Å²) in [5.74, 6) is -33.3. The normalized spacial score (nSPS) is 22.3. The van der Waals surface area contributed by atoms with Crippen LogP contribution in [0.2, 0.25) is 0 Å². The Kier molecular flexibility index (Phi) is 12.1. The Morgan fingerprint density at radius 1 is 0.609 bits per heavy atom. The number of ether oxygens (including phenoxy) is 6. The molecule has 0 amide bonds. The molecule has 364 valence electrons. The van der Waals surface area contributed by atoms with Crippen molar-refractivity contribution in [1.29, 1.82) is 0 Å². The number of aliphatic hydroxyl groups excluding tert-OH is 1. The largest absolute Gasteiger partial charge is 0.504 e. The number of rotatable bonds is 8. The molecule has 69 heavy (non-hydrogen) atoms. The van der Waals surface area contributed by atoms with Crippen molar-refractivity contribution in [2.24, 2.45) is 5.92 Å². The lowest BCUT2D eigenvalue weighted by Crippen LogP contribution is -2.62. The Labute approximate surface area is 380 Å². The first-order valence-corrected chi connectivity index (χ1v) is 19.2. The monoisotopic (exact) mass is 972 g/mol. The smallest absolute Gasteiger partial charge is 0.345 e. The van der Waals surface area contributed by atoms with E-state index >= 15 is 0 Å². The van der Waals surface area contributed by atoms with Gasteiger partial charge in [-0.1, -0.05) is 0 Å². The second kappa shape index (κ2) is 17.5. The summed E-state index contributed by atoms with van der Waals surface area (Å²) in [6, 6.07) is 2.33. The standard InChI is InChI=1S/C41H32O28/c42-13-1-8(2-14(43)24(13)49)36(59)69-41-31(56)34-32(66-40(63)12(6-19(47)48)23-22-11(5-17(46)27(52)30(22)55)38(61)67-33(23)35(57)58)18(65-41)7-64-37(60)9-3-15(44)25(50)28(53)20(9)21-10(39(62)68-34)4-16(45)26(51)29(21)54/h1-5,12,18,23,31-34,41-46,49-56H,6-7H2,(H,47,48)(H,57,58)/t12-,18+,23-,31+,32+,33-,34+,41-/m0/s1. The number of benzene rings is 4. The number of carbonyl (C=O) groups is 7. The lowest BCUT2D eigenvalue weighted by molar-refractivity contribution is -0.288. The summed E-state index contributed by atoms with van der Waals surface area (Å²) in [6.45, 7) is -1.37. The molecule has 4 aromatic carbocycles. The molecule has 2 bridgehead atoms. The summed E-state index contributed by atoms with van der Waals surface area (Å²) < 4.78 is 32.2. The van der Waals surface area contributed by atoms with Crippen LogP contribution in [0, 0.1) is 5.92 Å². The van der Waals surface area contributed by atoms with Crippen molar-refractivity contribution in [3.05, 3.63) is 58.1 Å². The molecule has 1 fully saturated rings. The van der Waals surface area contributed by atoms with E-state index in [1.165, 1.54) is 0 Å². The van der Waals surface area contributed by atoms with Gasteiger partial charge < -0.3 is 105 Å². The van der Waals surface area contributed by atoms with Gasteiger partial charge in [0.05, 0.1) is 40.5 Å². The molecule has 28 heteroatoms. The highest BCUT2D eigenvalue weighted by atomic mass is 16.7. The maximum Gasteiger partial charge on any atom is 0.345 e. The molecule has 0 unspecified atom stereocenters. The lowest BCUT2D eigenvalue weighted by Gasteiger charge is -2.43. The number of carboxylic acid groups (broad SMARTS) is 2. The topological polar surface area (TPSA) is 478 Å². The van der Waals surface area contributed by atoms with Gasteiger partial charge in [-0.25, -0.2) is 24.0 Å². The maximum absolute atomic E-state index is 14.5. The van der Waals surface area contributed by atoms with Crippen LogP contribution in [0.3, 0.4) is 0 Å². The molecule has 0 radical (unpaired) electrons. The molecular formula is C41H32O28. The highest BCUT2D eigenvalue weighted by molar-refractivity contribution is 6.08. The number of hydrogen-bond acceptors (Lipinski definition) is 26. The number of cyclic esters (lactones) is 2. The molecule has 15 N–H and O–H groups in total. The van der Waals surface area contributed by atoms with Crippen molar-refractivity contribution in [2.45, 2.75) is 49.1 Å². The number of phenolic OH excluding ortho intramolecular Hbond substituents is 12. The predicted molar refractivity (Wildman–Crippen MR) is 210 cm³/mol. The Morgan fingerprint density at radius 2 is 1.10 bits per heavy atom. The lowest BCUT2D eigenvalue weighted by atomic mass is 9.76. The quantitative estimate of drug-likeness (QED) is 0.0621. The molecule has 0 aliphatic carbocycles. The predicted octanol–water partition coefficient (Wildman–Crippen LogP) is -0.131. The Morgan fingerprint density at radius 3 is 1.64 bits per heavy atom. The van der Waals surface area contributed by atoms with Crippen LogP contribution in [0.5, 0.6) is 69.0 Å². The SMILES string of the molecule is O=C(O)C[C@H](C(=O)O[C@H]1[C@@H]2OC(=O)c3cc(O)c(O)c(O)c3-c3c(cc(O)c(O)c3O)C(=O)OC[C@H]1O[C@@H](OC(=O)c1cc(O)c(O)c(O)c1)[C@@H]2O)[C@H]1c2c(cc(O)c(O)c2O)C(=O)O[C@@H]1C(=O)O. The van der Waals surface area contributed by atoms with Crippen molar-refractivity contribution in [3.63, 3.8) is 0 Å². The van der Waals surface area contributed by atoms with Gasteiger partial charge in [-0.05, 0) is 30.3 Å². The van der Waals surface area contributed by atoms with Crippen LogP contribution in [0.1, 0.15) is 59.3 Å². The zero-order valence-corrected chi connectivity index (χ0v) is 33.9. The van der Waals surface area contributed by atoms with Gasteiger partial charge in [0.15, 0.2) is 70.1 Å². The number of carbonyl (C=O) groups excluding carboxylic acids is 5. The van der Waals surface area contributed by atoms with E-state index in [0.717, 1.165) is 0 Å². The first-order chi connectivity index (χ1) is 32.3. The third-order valence-corrected chi connectivity index (χ3v) is 11.0. The Hall–Kier alpha value is -9.31. The van der Waals surface area contributed by atoms with Crippen LogP contribution >= 0.6 is 0 Å². The van der Waals surface area contributed by atoms with Crippen LogP contribution < -0.4 is 0 Å². The molecule has 1 saturated heterocycles. The first-order valence-electron chi connectivity index (χ1n) is 19.2. The van der Waals surface area contributed by atoms with E-state index in [9.17, 15) is 110 Å². The fourth-order valence-electron chi connectivity index (χ4n) is 7.79. The molecule has 7 rings (SSSR count). The van der Waals surface area contributed by atoms with Gasteiger partial charge in [0.2, 0.25) is 29.6 Å². The van der Waals surface area contributed by atoms with Gasteiger partial charge in [-0.3, -0.25) is 9.59 Å². The van der Waals surface area contributed by atoms with Gasteiger partial charge in [0, 0.05) is 16.7 Å². The average molecular weight is 973 g/mol. The number of aromatic hydroxyl groups is 12. The summed E-state index contributed by atoms with van der Waals surface area (Å²) in [4.78, 5) is 94.0. The van der Waals surface area contributed by atoms with Gasteiger partial charge in [0.25, 0.3) is 0 Å². The fourth-order valence-corrected chi connectivity index (χ4v) is 7.79. The van der Waals surface area contributed by atoms with E-state index in [1.54, 1.807) is 0 Å². The van der Waals surface area contributed by atoms with Crippen molar-refractivity contribution >= 4 is 41.8 Å². The van der Waals surface area contributed by atoms with Gasteiger partial charge in [-0.15, -0.1) is 0 Å². The van der Waals surface area contributed by atoms with Crippen molar-refractivity contribution in [1.82, 2.24) is 0 Å². The van der Waals surface area contributed by atoms with Crippen molar-refractivity contribution < 1.29 is 139 Å². The first kappa shape index (κ1) is 47.6. The van der Waals surface area contributed by atoms with E-state index in [1.807, 2.05) is 0 Å². The minimum absolute atomic E-state index is 0.332. The van der Waals surface area contributed by atoms with Crippen molar-refractivity contribution in [3.8, 4) is 80.1 Å². The summed E-state index contributed by atoms with van der Waals surface area (Å²) in [5.41, 5.74) is -7.14. The number of aliphatic carboxylic acids is 2. The number of aliphatic hydroxyl groups is 1. The van der Waals surface area contributed by atoms with E-state index < -0.39 is 211 Å². The molecule has 0 spiro atoms. The van der Waals surface area contributed by atoms with Crippen molar-refractivity contribution in [2.75, 3.05) is 6.61 Å². The minimum atomic E-state index is -2.70. The van der Waals surface area contributed by atoms with E-state index in [4.69, 9.17) is 28.4 Å². The number of fused-ring (bicyclic) bond motifs is 6. The van der Waals surface area contributed by atoms with Crippen LogP contribution in [-0.2, 0) is 42.8 Å². The van der Waals surface area contributed by atoms with Gasteiger partial charge in [0.1, 0.15) is 12.7 Å². The number of carboxylic acids is 2. The van der Waals surface area contributed by atoms with Crippen LogP contribution in [0.25, 0.3) is 11.1 Å². The molecule has 3 aliphatic rings. The molecule has 0 aromatic heterocycles. The summed E-state index contributed by atoms with van der Waals surface area (Å²) in [5, 5.41) is 157. The Balaban J connectivity index is 1.40. The molecule has 3 aliphatic heterocycles. The fraction of sp³-hybridized carbons (Fsp3) is 0.244. The van der Waals surface area contributed by atoms with Crippen LogP contribution in [-0.4, -0.2) is 162 Å².